The maximum Gasteiger partial charge on any atom is 0.225 e. The Balaban J connectivity index is 1.33. The quantitative estimate of drug-likeness (QED) is 0.899. The lowest BCUT2D eigenvalue weighted by molar-refractivity contribution is -0.133. The number of carbonyl (C=O) groups is 2. The van der Waals surface area contributed by atoms with Crippen LogP contribution in [-0.4, -0.2) is 34.8 Å². The van der Waals surface area contributed by atoms with Gasteiger partial charge < -0.3 is 10.2 Å². The summed E-state index contributed by atoms with van der Waals surface area (Å²) in [4.78, 5) is 30.7. The summed E-state index contributed by atoms with van der Waals surface area (Å²) in [5, 5.41) is 6.13. The summed E-state index contributed by atoms with van der Waals surface area (Å²) < 4.78 is 0. The van der Waals surface area contributed by atoms with Crippen molar-refractivity contribution >= 4 is 23.2 Å². The van der Waals surface area contributed by atoms with Crippen LogP contribution in [0.5, 0.6) is 0 Å². The van der Waals surface area contributed by atoms with Gasteiger partial charge in [0.1, 0.15) is 0 Å². The fourth-order valence-electron chi connectivity index (χ4n) is 3.23. The second-order valence-electron chi connectivity index (χ2n) is 7.07. The summed E-state index contributed by atoms with van der Waals surface area (Å²) in [6.45, 7) is 2.25. The molecule has 0 unspecified atom stereocenters. The largest absolute Gasteiger partial charge is 0.350 e. The number of rotatable bonds is 5. The van der Waals surface area contributed by atoms with E-state index in [0.717, 1.165) is 62.3 Å². The number of thiazole rings is 1. The molecule has 1 atom stereocenters. The molecule has 3 aliphatic rings. The van der Waals surface area contributed by atoms with E-state index in [-0.39, 0.29) is 11.8 Å². The monoisotopic (exact) mass is 333 g/mol. The lowest BCUT2D eigenvalue weighted by Gasteiger charge is -2.32. The van der Waals surface area contributed by atoms with E-state index in [2.05, 4.69) is 5.32 Å². The van der Waals surface area contributed by atoms with Crippen molar-refractivity contribution in [1.29, 1.82) is 0 Å². The van der Waals surface area contributed by atoms with Crippen molar-refractivity contribution in [2.24, 2.45) is 11.8 Å². The fourth-order valence-corrected chi connectivity index (χ4v) is 4.17. The Morgan fingerprint density at radius 3 is 2.74 bits per heavy atom. The third kappa shape index (κ3) is 3.57. The molecular formula is C17H23N3O2S. The first-order valence-electron chi connectivity index (χ1n) is 8.71. The van der Waals surface area contributed by atoms with Crippen molar-refractivity contribution in [2.45, 2.75) is 51.0 Å². The van der Waals surface area contributed by atoms with Gasteiger partial charge in [-0.3, -0.25) is 9.59 Å². The van der Waals surface area contributed by atoms with Crippen LogP contribution in [-0.2, 0) is 16.1 Å². The number of nitrogens with one attached hydrogen (secondary N) is 1. The smallest absolute Gasteiger partial charge is 0.225 e. The van der Waals surface area contributed by atoms with E-state index in [1.807, 2.05) is 10.3 Å². The molecule has 2 aliphatic carbocycles. The highest BCUT2D eigenvalue weighted by molar-refractivity contribution is 7.09. The van der Waals surface area contributed by atoms with Crippen LogP contribution >= 0.6 is 11.3 Å². The Labute approximate surface area is 140 Å². The summed E-state index contributed by atoms with van der Waals surface area (Å²) in [6, 6.07) is 0. The van der Waals surface area contributed by atoms with Crippen molar-refractivity contribution in [1.82, 2.24) is 15.2 Å². The number of amides is 2. The van der Waals surface area contributed by atoms with Crippen LogP contribution in [0, 0.1) is 11.8 Å². The third-order valence-corrected chi connectivity index (χ3v) is 6.03. The summed E-state index contributed by atoms with van der Waals surface area (Å²) in [5.74, 6) is 1.43. The lowest BCUT2D eigenvalue weighted by Crippen LogP contribution is -2.39. The topological polar surface area (TPSA) is 62.3 Å². The highest BCUT2D eigenvalue weighted by atomic mass is 32.1. The minimum atomic E-state index is 0.165. The molecule has 124 valence electrons. The van der Waals surface area contributed by atoms with Gasteiger partial charge >= 0.3 is 0 Å². The van der Waals surface area contributed by atoms with E-state index in [1.54, 1.807) is 11.3 Å². The van der Waals surface area contributed by atoms with Crippen molar-refractivity contribution in [2.75, 3.05) is 13.1 Å². The van der Waals surface area contributed by atoms with Gasteiger partial charge in [0.05, 0.1) is 17.2 Å². The summed E-state index contributed by atoms with van der Waals surface area (Å²) in [6.07, 6.45) is 6.37. The number of piperidine rings is 1. The average Bonchev–Trinajstić information content (AvgIpc) is 3.49. The van der Waals surface area contributed by atoms with Gasteiger partial charge in [-0.2, -0.15) is 0 Å². The van der Waals surface area contributed by atoms with Crippen molar-refractivity contribution in [3.63, 3.8) is 0 Å². The van der Waals surface area contributed by atoms with Gasteiger partial charge in [-0.15, -0.1) is 11.3 Å². The van der Waals surface area contributed by atoms with E-state index in [1.165, 1.54) is 0 Å². The van der Waals surface area contributed by atoms with Crippen molar-refractivity contribution in [3.8, 4) is 0 Å². The van der Waals surface area contributed by atoms with Gasteiger partial charge in [0.2, 0.25) is 11.8 Å². The molecule has 0 radical (unpaired) electrons. The number of hydrogen-bond donors (Lipinski definition) is 1. The standard InChI is InChI=1S/C17H23N3O2S/c21-15(11-3-4-11)18-8-14-10-23-16(19-14)13-2-1-7-20(9-13)17(22)12-5-6-12/h10-13H,1-9H2,(H,18,21)/t13-/m1/s1. The first kappa shape index (κ1) is 15.1. The maximum absolute atomic E-state index is 12.3. The zero-order valence-electron chi connectivity index (χ0n) is 13.3. The van der Waals surface area contributed by atoms with Gasteiger partial charge in [-0.05, 0) is 38.5 Å². The predicted molar refractivity (Wildman–Crippen MR) is 88.0 cm³/mol. The Kier molecular flexibility index (Phi) is 4.09. The lowest BCUT2D eigenvalue weighted by atomic mass is 9.98. The fraction of sp³-hybridized carbons (Fsp3) is 0.706. The van der Waals surface area contributed by atoms with E-state index in [9.17, 15) is 9.59 Å². The highest BCUT2D eigenvalue weighted by Crippen LogP contribution is 2.35. The van der Waals surface area contributed by atoms with Crippen LogP contribution in [0.25, 0.3) is 0 Å². The van der Waals surface area contributed by atoms with Crippen molar-refractivity contribution < 1.29 is 9.59 Å². The summed E-state index contributed by atoms with van der Waals surface area (Å²) >= 11 is 1.67. The normalized spacial score (nSPS) is 24.5. The van der Waals surface area contributed by atoms with Gasteiger partial charge in [-0.25, -0.2) is 4.98 Å². The minimum Gasteiger partial charge on any atom is -0.350 e. The molecule has 4 rings (SSSR count). The minimum absolute atomic E-state index is 0.165. The Hall–Kier alpha value is -1.43. The third-order valence-electron chi connectivity index (χ3n) is 4.97. The summed E-state index contributed by atoms with van der Waals surface area (Å²) in [7, 11) is 0. The van der Waals surface area contributed by atoms with Gasteiger partial charge in [0.25, 0.3) is 0 Å². The number of carbonyl (C=O) groups excluding carboxylic acids is 2. The first-order valence-corrected chi connectivity index (χ1v) is 9.59. The van der Waals surface area contributed by atoms with Gasteiger partial charge in [-0.1, -0.05) is 0 Å². The van der Waals surface area contributed by atoms with Crippen LogP contribution in [0.4, 0.5) is 0 Å². The molecule has 1 aromatic rings. The van der Waals surface area contributed by atoms with Crippen LogP contribution in [0.3, 0.4) is 0 Å². The number of likely N-dealkylation sites (tertiary alicyclic amines) is 1. The van der Waals surface area contributed by atoms with Crippen LogP contribution in [0.1, 0.15) is 55.1 Å². The molecular weight excluding hydrogens is 310 g/mol. The molecule has 1 aromatic heterocycles. The van der Waals surface area contributed by atoms with E-state index >= 15 is 0 Å². The molecule has 2 heterocycles. The SMILES string of the molecule is O=C(NCc1csc([C@@H]2CCCN(C(=O)C3CC3)C2)n1)C1CC1. The van der Waals surface area contributed by atoms with E-state index < -0.39 is 0 Å². The molecule has 6 heteroatoms. The van der Waals surface area contributed by atoms with Gasteiger partial charge in [0, 0.05) is 36.2 Å². The molecule has 0 bridgehead atoms. The van der Waals surface area contributed by atoms with E-state index in [0.29, 0.717) is 24.3 Å². The molecule has 0 aromatic carbocycles. The first-order chi connectivity index (χ1) is 11.2. The second-order valence-corrected chi connectivity index (χ2v) is 7.96. The zero-order chi connectivity index (χ0) is 15.8. The number of nitrogens with zero attached hydrogens (tertiary/aromatic N) is 2. The van der Waals surface area contributed by atoms with Crippen molar-refractivity contribution in [3.05, 3.63) is 16.1 Å². The zero-order valence-corrected chi connectivity index (χ0v) is 14.1. The predicted octanol–water partition coefficient (Wildman–Crippen LogP) is 2.29. The molecule has 3 fully saturated rings. The molecule has 0 spiro atoms. The van der Waals surface area contributed by atoms with Crippen LogP contribution < -0.4 is 5.32 Å². The average molecular weight is 333 g/mol. The molecule has 1 aliphatic heterocycles. The number of aromatic nitrogens is 1. The highest BCUT2D eigenvalue weighted by Gasteiger charge is 2.36. The van der Waals surface area contributed by atoms with E-state index in [4.69, 9.17) is 4.98 Å². The Morgan fingerprint density at radius 1 is 1.22 bits per heavy atom. The van der Waals surface area contributed by atoms with Gasteiger partial charge in [0.15, 0.2) is 0 Å². The van der Waals surface area contributed by atoms with Crippen LogP contribution in [0.15, 0.2) is 5.38 Å². The second kappa shape index (κ2) is 6.23. The Morgan fingerprint density at radius 2 is 2.00 bits per heavy atom. The number of hydrogen-bond acceptors (Lipinski definition) is 4. The summed E-state index contributed by atoms with van der Waals surface area (Å²) in [5.41, 5.74) is 0.949. The molecule has 1 N–H and O–H groups in total. The molecule has 1 saturated heterocycles. The molecule has 5 nitrogen and oxygen atoms in total. The maximum atomic E-state index is 12.3. The molecule has 2 saturated carbocycles. The molecule has 23 heavy (non-hydrogen) atoms. The molecule has 2 amide bonds. The Bertz CT molecular complexity index is 607. The van der Waals surface area contributed by atoms with Crippen LogP contribution in [0.2, 0.25) is 0 Å².